The molecule has 0 unspecified atom stereocenters. The maximum absolute atomic E-state index is 10.9. The van der Waals surface area contributed by atoms with Crippen LogP contribution in [0.4, 0.5) is 20.5 Å². The second-order valence-electron chi connectivity index (χ2n) is 1.46. The van der Waals surface area contributed by atoms with Gasteiger partial charge in [0.15, 0.2) is 0 Å². The fourth-order valence-electron chi connectivity index (χ4n) is 0. The van der Waals surface area contributed by atoms with Crippen molar-refractivity contribution < 1.29 is 20.5 Å². The predicted octanol–water partition coefficient (Wildman–Crippen LogP) is 2.40. The van der Waals surface area contributed by atoms with Gasteiger partial charge in [0.05, 0.1) is 0 Å². The molecule has 0 heterocycles. The van der Waals surface area contributed by atoms with E-state index in [2.05, 4.69) is 0 Å². The first kappa shape index (κ1) is 7.61. The van der Waals surface area contributed by atoms with Gasteiger partial charge in [-0.1, -0.05) is 0 Å². The minimum absolute atomic E-state index is 1.20. The third kappa shape index (κ3) is 5.61. The van der Waals surface area contributed by atoms with Crippen molar-refractivity contribution >= 4 is 8.30 Å². The molecular formula is C2H3F5Si-2. The van der Waals surface area contributed by atoms with E-state index in [-0.39, 0.29) is 0 Å². The van der Waals surface area contributed by atoms with Crippen molar-refractivity contribution in [3.05, 3.63) is 12.3 Å². The van der Waals surface area contributed by atoms with Crippen LogP contribution in [0.25, 0.3) is 0 Å². The standard InChI is InChI=1S/C2H3F5Si/c1-2-8(3,4,5,6)7/h2H,1H2/q-2. The van der Waals surface area contributed by atoms with Crippen LogP contribution in [0.3, 0.4) is 0 Å². The number of hydrogen-bond acceptors (Lipinski definition) is 0. The van der Waals surface area contributed by atoms with Crippen LogP contribution in [0.2, 0.25) is 0 Å². The molecule has 0 fully saturated rings. The maximum atomic E-state index is 10.9. The second kappa shape index (κ2) is 0.853. The topological polar surface area (TPSA) is 0 Å². The summed E-state index contributed by atoms with van der Waals surface area (Å²) in [5.41, 5.74) is -1.20. The number of rotatable bonds is 1. The van der Waals surface area contributed by atoms with Gasteiger partial charge in [0.25, 0.3) is 0 Å². The van der Waals surface area contributed by atoms with E-state index in [0.29, 0.717) is 0 Å². The third-order valence-corrected chi connectivity index (χ3v) is 1.16. The molecule has 0 aromatic rings. The molecular weight excluding hydrogens is 147 g/mol. The molecule has 0 saturated carbocycles. The average Bonchev–Trinajstić information content (AvgIpc) is 1.30. The van der Waals surface area contributed by atoms with Gasteiger partial charge in [0.1, 0.15) is 0 Å². The zero-order valence-electron chi connectivity index (χ0n) is 3.67. The van der Waals surface area contributed by atoms with Crippen LogP contribution >= 0.6 is 0 Å². The summed E-state index contributed by atoms with van der Waals surface area (Å²) >= 11 is 0. The summed E-state index contributed by atoms with van der Waals surface area (Å²) in [5.74, 6) is 0. The van der Waals surface area contributed by atoms with Crippen LogP contribution in [0.5, 0.6) is 0 Å². The molecule has 0 aromatic heterocycles. The van der Waals surface area contributed by atoms with Crippen molar-refractivity contribution in [1.82, 2.24) is 0 Å². The second-order valence-corrected chi connectivity index (χ2v) is 4.39. The van der Waals surface area contributed by atoms with E-state index in [1.165, 1.54) is 0 Å². The summed E-state index contributed by atoms with van der Waals surface area (Å²) in [7, 11) is -9.62. The molecule has 0 aliphatic carbocycles. The van der Waals surface area contributed by atoms with Gasteiger partial charge in [0, 0.05) is 0 Å². The van der Waals surface area contributed by atoms with Crippen LogP contribution in [-0.2, 0) is 0 Å². The minimum atomic E-state index is -9.62. The van der Waals surface area contributed by atoms with Gasteiger partial charge < -0.3 is 0 Å². The fraction of sp³-hybridized carbons (Fsp3) is 0. The molecule has 0 amide bonds. The third-order valence-electron chi connectivity index (χ3n) is 0.386. The first-order chi connectivity index (χ1) is 3.04. The Hall–Kier alpha value is -0.393. The van der Waals surface area contributed by atoms with Gasteiger partial charge in [-0.05, 0) is 0 Å². The van der Waals surface area contributed by atoms with Gasteiger partial charge in [0.2, 0.25) is 0 Å². The van der Waals surface area contributed by atoms with Gasteiger partial charge >= 0.3 is 41.1 Å². The molecule has 0 aliphatic rings. The molecule has 8 heavy (non-hydrogen) atoms. The Morgan fingerprint density at radius 1 is 1.00 bits per heavy atom. The monoisotopic (exact) mass is 150 g/mol. The molecule has 0 saturated heterocycles. The predicted molar refractivity (Wildman–Crippen MR) is 21.5 cm³/mol. The van der Waals surface area contributed by atoms with E-state index in [4.69, 9.17) is 0 Å². The summed E-state index contributed by atoms with van der Waals surface area (Å²) in [4.78, 5) is 0. The Labute approximate surface area is 42.3 Å². The van der Waals surface area contributed by atoms with Gasteiger partial charge in [-0.15, -0.1) is 0 Å². The molecule has 52 valence electrons. The quantitative estimate of drug-likeness (QED) is 0.306. The molecule has 0 atom stereocenters. The van der Waals surface area contributed by atoms with Crippen molar-refractivity contribution in [3.8, 4) is 0 Å². The zero-order chi connectivity index (χ0) is 7.12. The summed E-state index contributed by atoms with van der Waals surface area (Å²) in [6, 6.07) is 0. The summed E-state index contributed by atoms with van der Waals surface area (Å²) < 4.78 is 54.3. The van der Waals surface area contributed by atoms with Crippen molar-refractivity contribution in [2.24, 2.45) is 0 Å². The first-order valence-corrected chi connectivity index (χ1v) is 4.11. The van der Waals surface area contributed by atoms with E-state index in [1.807, 2.05) is 6.58 Å². The molecule has 0 spiro atoms. The molecule has 0 aromatic carbocycles. The molecule has 0 aliphatic heterocycles. The summed E-state index contributed by atoms with van der Waals surface area (Å²) in [6.45, 7) is 1.97. The Balaban J connectivity index is 4.77. The molecule has 0 rings (SSSR count). The van der Waals surface area contributed by atoms with E-state index >= 15 is 0 Å². The van der Waals surface area contributed by atoms with Gasteiger partial charge in [-0.3, -0.25) is 0 Å². The van der Waals surface area contributed by atoms with Crippen LogP contribution in [0, 0.1) is 0 Å². The van der Waals surface area contributed by atoms with E-state index in [0.717, 1.165) is 0 Å². The van der Waals surface area contributed by atoms with Crippen molar-refractivity contribution in [2.75, 3.05) is 0 Å². The molecule has 0 N–H and O–H groups in total. The average molecular weight is 150 g/mol. The Kier molecular flexibility index (Phi) is 0.811. The summed E-state index contributed by atoms with van der Waals surface area (Å²) in [5, 5.41) is 0. The van der Waals surface area contributed by atoms with Crippen LogP contribution < -0.4 is 0 Å². The Morgan fingerprint density at radius 2 is 1.12 bits per heavy atom. The normalized spacial score (nSPS) is 21.1. The Morgan fingerprint density at radius 3 is 1.12 bits per heavy atom. The summed E-state index contributed by atoms with van der Waals surface area (Å²) in [6.07, 6.45) is 0. The zero-order valence-corrected chi connectivity index (χ0v) is 4.67. The van der Waals surface area contributed by atoms with E-state index in [9.17, 15) is 20.5 Å². The number of halogens is 5. The van der Waals surface area contributed by atoms with Crippen molar-refractivity contribution in [2.45, 2.75) is 0 Å². The van der Waals surface area contributed by atoms with Crippen molar-refractivity contribution in [1.29, 1.82) is 0 Å². The van der Waals surface area contributed by atoms with Crippen LogP contribution in [-0.4, -0.2) is 8.30 Å². The fourth-order valence-corrected chi connectivity index (χ4v) is 0. The molecule has 0 nitrogen and oxygen atoms in total. The van der Waals surface area contributed by atoms with Crippen LogP contribution in [0.15, 0.2) is 12.3 Å². The molecule has 6 heteroatoms. The van der Waals surface area contributed by atoms with Gasteiger partial charge in [-0.2, -0.15) is 0 Å². The van der Waals surface area contributed by atoms with E-state index in [1.54, 1.807) is 0 Å². The molecule has 0 radical (unpaired) electrons. The van der Waals surface area contributed by atoms with E-state index < -0.39 is 14.0 Å². The van der Waals surface area contributed by atoms with Crippen molar-refractivity contribution in [3.63, 3.8) is 0 Å². The van der Waals surface area contributed by atoms with Gasteiger partial charge in [-0.25, -0.2) is 0 Å². The first-order valence-electron chi connectivity index (χ1n) is 1.64. The molecule has 0 bridgehead atoms. The van der Waals surface area contributed by atoms with Crippen LogP contribution in [0.1, 0.15) is 0 Å². The number of hydrogen-bond donors (Lipinski definition) is 0. The SMILES string of the molecule is C=C[Si-2](F)(F)(F)(F)F. The Bertz CT molecular complexity index is 114.